The van der Waals surface area contributed by atoms with Crippen LogP contribution in [0.2, 0.25) is 5.02 Å². The van der Waals surface area contributed by atoms with E-state index in [-0.39, 0.29) is 35.6 Å². The molecular weight excluding hydrogens is 426 g/mol. The number of benzene rings is 1. The van der Waals surface area contributed by atoms with Gasteiger partial charge in [-0.2, -0.15) is 5.26 Å². The lowest BCUT2D eigenvalue weighted by Crippen LogP contribution is -2.12. The van der Waals surface area contributed by atoms with Gasteiger partial charge in [0.25, 0.3) is 0 Å². The van der Waals surface area contributed by atoms with Crippen LogP contribution in [0.25, 0.3) is 6.08 Å². The highest BCUT2D eigenvalue weighted by Gasteiger charge is 2.27. The fraction of sp³-hybridized carbons (Fsp3) is 0.273. The minimum Gasteiger partial charge on any atom is -0.462 e. The second kappa shape index (κ2) is 10.7. The van der Waals surface area contributed by atoms with Crippen LogP contribution in [0.1, 0.15) is 49.9 Å². The maximum Gasteiger partial charge on any atom is 0.348 e. The summed E-state index contributed by atoms with van der Waals surface area (Å²) in [7, 11) is 0. The number of hydrogen-bond donors (Lipinski definition) is 0. The first-order valence-corrected chi connectivity index (χ1v) is 10.4. The Balaban J connectivity index is 2.41. The SMILES string of the molecule is CCOC(=O)c1sc(CC(=O)/C(C#N)=C/c2ccc(Cl)cc2)c(C(=O)OCC)c1C. The molecule has 0 saturated heterocycles. The summed E-state index contributed by atoms with van der Waals surface area (Å²) in [6.07, 6.45) is 1.24. The predicted octanol–water partition coefficient (Wildman–Crippen LogP) is 4.78. The second-order valence-electron chi connectivity index (χ2n) is 6.12. The molecule has 2 rings (SSSR count). The van der Waals surface area contributed by atoms with Gasteiger partial charge in [-0.05, 0) is 50.1 Å². The molecule has 2 aromatic rings. The zero-order valence-corrected chi connectivity index (χ0v) is 18.4. The van der Waals surface area contributed by atoms with Gasteiger partial charge in [0.1, 0.15) is 10.9 Å². The van der Waals surface area contributed by atoms with E-state index in [4.69, 9.17) is 21.1 Å². The van der Waals surface area contributed by atoms with E-state index in [1.807, 2.05) is 6.07 Å². The maximum absolute atomic E-state index is 12.8. The van der Waals surface area contributed by atoms with Crippen molar-refractivity contribution in [2.24, 2.45) is 0 Å². The van der Waals surface area contributed by atoms with Crippen molar-refractivity contribution >= 4 is 46.7 Å². The summed E-state index contributed by atoms with van der Waals surface area (Å²) < 4.78 is 10.1. The highest BCUT2D eigenvalue weighted by atomic mass is 35.5. The summed E-state index contributed by atoms with van der Waals surface area (Å²) >= 11 is 6.86. The van der Waals surface area contributed by atoms with Gasteiger partial charge in [0.2, 0.25) is 0 Å². The Morgan fingerprint density at radius 3 is 2.27 bits per heavy atom. The Labute approximate surface area is 183 Å². The van der Waals surface area contributed by atoms with E-state index >= 15 is 0 Å². The molecule has 1 aromatic carbocycles. The number of nitrogens with zero attached hydrogens (tertiary/aromatic N) is 1. The third-order valence-electron chi connectivity index (χ3n) is 4.08. The van der Waals surface area contributed by atoms with Crippen molar-refractivity contribution in [3.63, 3.8) is 0 Å². The van der Waals surface area contributed by atoms with Gasteiger partial charge in [0.15, 0.2) is 5.78 Å². The van der Waals surface area contributed by atoms with Crippen LogP contribution in [0.4, 0.5) is 0 Å². The van der Waals surface area contributed by atoms with Gasteiger partial charge < -0.3 is 9.47 Å². The van der Waals surface area contributed by atoms with Crippen LogP contribution in [0.15, 0.2) is 29.8 Å². The average Bonchev–Trinajstić information content (AvgIpc) is 3.03. The van der Waals surface area contributed by atoms with Gasteiger partial charge in [-0.15, -0.1) is 11.3 Å². The van der Waals surface area contributed by atoms with Gasteiger partial charge in [-0.1, -0.05) is 23.7 Å². The molecule has 0 aliphatic rings. The standard InChI is InChI=1S/C22H20ClNO5S/c1-4-28-21(26)19-13(3)20(22(27)29-5-2)30-18(19)11-17(25)15(12-24)10-14-6-8-16(23)9-7-14/h6-10H,4-5,11H2,1-3H3/b15-10+. The number of ether oxygens (including phenoxy) is 2. The molecule has 0 atom stereocenters. The van der Waals surface area contributed by atoms with Crippen LogP contribution in [0, 0.1) is 18.3 Å². The summed E-state index contributed by atoms with van der Waals surface area (Å²) in [6, 6.07) is 8.58. The molecular formula is C22H20ClNO5S. The molecule has 156 valence electrons. The van der Waals surface area contributed by atoms with Crippen molar-refractivity contribution in [3.05, 3.63) is 61.3 Å². The number of carbonyl (C=O) groups excluding carboxylic acids is 3. The summed E-state index contributed by atoms with van der Waals surface area (Å²) in [5.74, 6) is -1.67. The van der Waals surface area contributed by atoms with E-state index in [0.29, 0.717) is 21.0 Å². The van der Waals surface area contributed by atoms with Crippen LogP contribution in [0.5, 0.6) is 0 Å². The number of thiophene rings is 1. The van der Waals surface area contributed by atoms with E-state index < -0.39 is 17.7 Å². The van der Waals surface area contributed by atoms with Crippen molar-refractivity contribution in [2.45, 2.75) is 27.2 Å². The third-order valence-corrected chi connectivity index (χ3v) is 5.61. The smallest absolute Gasteiger partial charge is 0.348 e. The fourth-order valence-electron chi connectivity index (χ4n) is 2.70. The van der Waals surface area contributed by atoms with E-state index in [1.165, 1.54) is 6.08 Å². The van der Waals surface area contributed by atoms with Gasteiger partial charge in [0, 0.05) is 16.3 Å². The topological polar surface area (TPSA) is 93.5 Å². The molecule has 0 saturated carbocycles. The number of hydrogen-bond acceptors (Lipinski definition) is 7. The molecule has 0 aliphatic carbocycles. The molecule has 6 nitrogen and oxygen atoms in total. The van der Waals surface area contributed by atoms with Gasteiger partial charge in [0.05, 0.1) is 24.4 Å². The molecule has 0 spiro atoms. The Bertz CT molecular complexity index is 1030. The summed E-state index contributed by atoms with van der Waals surface area (Å²) in [6.45, 7) is 5.28. The molecule has 0 aliphatic heterocycles. The second-order valence-corrected chi connectivity index (χ2v) is 7.66. The van der Waals surface area contributed by atoms with Crippen molar-refractivity contribution in [1.29, 1.82) is 5.26 Å². The van der Waals surface area contributed by atoms with Crippen LogP contribution in [-0.4, -0.2) is 30.9 Å². The molecule has 0 N–H and O–H groups in total. The van der Waals surface area contributed by atoms with Crippen molar-refractivity contribution in [3.8, 4) is 6.07 Å². The molecule has 0 fully saturated rings. The molecule has 0 unspecified atom stereocenters. The first kappa shape index (κ1) is 23.3. The molecule has 1 aromatic heterocycles. The average molecular weight is 446 g/mol. The largest absolute Gasteiger partial charge is 0.462 e. The number of Topliss-reactive ketones (excluding diaryl/α,β-unsaturated/α-hetero) is 1. The predicted molar refractivity (Wildman–Crippen MR) is 115 cm³/mol. The van der Waals surface area contributed by atoms with E-state index in [2.05, 4.69) is 0 Å². The molecule has 0 radical (unpaired) electrons. The number of carbonyl (C=O) groups is 3. The van der Waals surface area contributed by atoms with Crippen molar-refractivity contribution < 1.29 is 23.9 Å². The highest BCUT2D eigenvalue weighted by Crippen LogP contribution is 2.31. The minimum atomic E-state index is -0.621. The Morgan fingerprint density at radius 2 is 1.70 bits per heavy atom. The van der Waals surface area contributed by atoms with Gasteiger partial charge >= 0.3 is 11.9 Å². The highest BCUT2D eigenvalue weighted by molar-refractivity contribution is 7.14. The number of ketones is 1. The molecule has 1 heterocycles. The molecule has 0 bridgehead atoms. The van der Waals surface area contributed by atoms with Crippen molar-refractivity contribution in [2.75, 3.05) is 13.2 Å². The molecule has 8 heteroatoms. The lowest BCUT2D eigenvalue weighted by molar-refractivity contribution is -0.114. The maximum atomic E-state index is 12.8. The summed E-state index contributed by atoms with van der Waals surface area (Å²) in [5.41, 5.74) is 1.14. The fourth-order valence-corrected chi connectivity index (χ4v) is 4.01. The van der Waals surface area contributed by atoms with Crippen LogP contribution in [-0.2, 0) is 20.7 Å². The van der Waals surface area contributed by atoms with Gasteiger partial charge in [-0.3, -0.25) is 4.79 Å². The molecule has 30 heavy (non-hydrogen) atoms. The molecule has 0 amide bonds. The van der Waals surface area contributed by atoms with Crippen LogP contribution >= 0.6 is 22.9 Å². The first-order chi connectivity index (χ1) is 14.3. The first-order valence-electron chi connectivity index (χ1n) is 9.19. The van der Waals surface area contributed by atoms with Crippen LogP contribution in [0.3, 0.4) is 0 Å². The normalized spacial score (nSPS) is 11.0. The zero-order valence-electron chi connectivity index (χ0n) is 16.8. The number of nitriles is 1. The third kappa shape index (κ3) is 5.56. The van der Waals surface area contributed by atoms with E-state index in [1.54, 1.807) is 45.0 Å². The monoisotopic (exact) mass is 445 g/mol. The Kier molecular flexibility index (Phi) is 8.34. The number of allylic oxidation sites excluding steroid dienone is 1. The van der Waals surface area contributed by atoms with Crippen molar-refractivity contribution in [1.82, 2.24) is 0 Å². The number of esters is 2. The Morgan fingerprint density at radius 1 is 1.10 bits per heavy atom. The van der Waals surface area contributed by atoms with Crippen LogP contribution < -0.4 is 0 Å². The summed E-state index contributed by atoms with van der Waals surface area (Å²) in [5, 5.41) is 9.98. The van der Waals surface area contributed by atoms with Gasteiger partial charge in [-0.25, -0.2) is 9.59 Å². The number of halogens is 1. The lowest BCUT2D eigenvalue weighted by atomic mass is 10.0. The lowest BCUT2D eigenvalue weighted by Gasteiger charge is -2.05. The van der Waals surface area contributed by atoms with E-state index in [0.717, 1.165) is 11.3 Å². The summed E-state index contributed by atoms with van der Waals surface area (Å²) in [4.78, 5) is 38.1. The zero-order chi connectivity index (χ0) is 22.3. The Hall–Kier alpha value is -2.95. The van der Waals surface area contributed by atoms with E-state index in [9.17, 15) is 19.6 Å². The quantitative estimate of drug-likeness (QED) is 0.329. The number of rotatable bonds is 8. The minimum absolute atomic E-state index is 0.0733.